The quantitative estimate of drug-likeness (QED) is 0.476. The van der Waals surface area contributed by atoms with Gasteiger partial charge >= 0.3 is 0 Å². The van der Waals surface area contributed by atoms with Crippen molar-refractivity contribution in [2.75, 3.05) is 31.9 Å². The second-order valence-electron chi connectivity index (χ2n) is 8.33. The van der Waals surface area contributed by atoms with Gasteiger partial charge in [-0.1, -0.05) is 18.2 Å². The number of rotatable bonds is 8. The fourth-order valence-electron chi connectivity index (χ4n) is 3.89. The molecule has 0 unspecified atom stereocenters. The summed E-state index contributed by atoms with van der Waals surface area (Å²) in [6, 6.07) is 8.46. The van der Waals surface area contributed by atoms with Crippen molar-refractivity contribution in [1.29, 1.82) is 0 Å². The zero-order valence-electron chi connectivity index (χ0n) is 19.7. The molecule has 0 saturated carbocycles. The third kappa shape index (κ3) is 5.43. The first-order valence-corrected chi connectivity index (χ1v) is 11.2. The highest BCUT2D eigenvalue weighted by atomic mass is 19.1. The van der Waals surface area contributed by atoms with Crippen LogP contribution in [0.4, 0.5) is 13.2 Å². The number of halogens is 3. The predicted molar refractivity (Wildman–Crippen MR) is 126 cm³/mol. The Hall–Kier alpha value is -4.32. The molecule has 4 rings (SSSR count). The maximum Gasteiger partial charge on any atom is 0.277 e. The molecule has 0 bridgehead atoms. The van der Waals surface area contributed by atoms with Gasteiger partial charge in [-0.2, -0.15) is 0 Å². The van der Waals surface area contributed by atoms with Gasteiger partial charge in [0.15, 0.2) is 11.4 Å². The van der Waals surface area contributed by atoms with Gasteiger partial charge in [0.2, 0.25) is 5.43 Å². The molecule has 2 heterocycles. The Morgan fingerprint density at radius 2 is 1.78 bits per heavy atom. The van der Waals surface area contributed by atoms with Crippen LogP contribution in [0.5, 0.6) is 5.75 Å². The molecule has 2 amide bonds. The average Bonchev–Trinajstić information content (AvgIpc) is 2.87. The number of benzene rings is 2. The Morgan fingerprint density at radius 1 is 1.08 bits per heavy atom. The Balaban J connectivity index is 1.69. The average molecular weight is 516 g/mol. The summed E-state index contributed by atoms with van der Waals surface area (Å²) in [5, 5.41) is 14.6. The minimum absolute atomic E-state index is 0.0106. The number of amides is 2. The van der Waals surface area contributed by atoms with Gasteiger partial charge in [-0.25, -0.2) is 13.2 Å². The van der Waals surface area contributed by atoms with Crippen LogP contribution in [0.1, 0.15) is 32.0 Å². The van der Waals surface area contributed by atoms with Crippen molar-refractivity contribution >= 4 is 11.8 Å². The fraction of sp³-hybridized carbons (Fsp3) is 0.240. The maximum atomic E-state index is 13.9. The van der Waals surface area contributed by atoms with Gasteiger partial charge in [0, 0.05) is 38.0 Å². The molecule has 1 aliphatic heterocycles. The van der Waals surface area contributed by atoms with E-state index in [0.717, 1.165) is 18.3 Å². The van der Waals surface area contributed by atoms with Crippen molar-refractivity contribution < 1.29 is 32.6 Å². The van der Waals surface area contributed by atoms with Crippen LogP contribution >= 0.6 is 0 Å². The molecule has 0 spiro atoms. The van der Waals surface area contributed by atoms with E-state index in [1.54, 1.807) is 5.01 Å². The van der Waals surface area contributed by atoms with Gasteiger partial charge in [-0.15, -0.1) is 0 Å². The molecule has 2 N–H and O–H groups in total. The van der Waals surface area contributed by atoms with Gasteiger partial charge in [0.25, 0.3) is 11.8 Å². The van der Waals surface area contributed by atoms with Gasteiger partial charge in [-0.3, -0.25) is 24.1 Å². The molecule has 0 radical (unpaired) electrons. The molecule has 9 nitrogen and oxygen atoms in total. The number of aromatic nitrogens is 1. The van der Waals surface area contributed by atoms with Crippen LogP contribution in [0.25, 0.3) is 0 Å². The van der Waals surface area contributed by atoms with E-state index in [0.29, 0.717) is 11.6 Å². The van der Waals surface area contributed by atoms with Crippen LogP contribution in [0.2, 0.25) is 0 Å². The molecule has 0 saturated heterocycles. The Morgan fingerprint density at radius 3 is 2.46 bits per heavy atom. The summed E-state index contributed by atoms with van der Waals surface area (Å²) >= 11 is 0. The summed E-state index contributed by atoms with van der Waals surface area (Å²) in [6.45, 7) is 0.150. The number of nitrogens with one attached hydrogen (secondary N) is 1. The zero-order valence-corrected chi connectivity index (χ0v) is 19.7. The van der Waals surface area contributed by atoms with E-state index in [9.17, 15) is 32.7 Å². The molecule has 194 valence electrons. The first kappa shape index (κ1) is 25.8. The van der Waals surface area contributed by atoms with Crippen LogP contribution in [-0.2, 0) is 17.8 Å². The third-order valence-electron chi connectivity index (χ3n) is 5.84. The Labute approximate surface area is 209 Å². The number of pyridine rings is 1. The largest absolute Gasteiger partial charge is 0.502 e. The molecule has 3 aromatic rings. The van der Waals surface area contributed by atoms with E-state index >= 15 is 0 Å². The lowest BCUT2D eigenvalue weighted by atomic mass is 10.1. The van der Waals surface area contributed by atoms with E-state index < -0.39 is 46.0 Å². The monoisotopic (exact) mass is 516 g/mol. The number of hydrogen-bond acceptors (Lipinski definition) is 6. The fourth-order valence-corrected chi connectivity index (χ4v) is 3.89. The first-order chi connectivity index (χ1) is 17.7. The molecular formula is C25H23F3N4O5. The highest BCUT2D eigenvalue weighted by molar-refractivity contribution is 5.99. The molecule has 37 heavy (non-hydrogen) atoms. The predicted octanol–water partition coefficient (Wildman–Crippen LogP) is 2.10. The van der Waals surface area contributed by atoms with E-state index in [2.05, 4.69) is 5.32 Å². The minimum atomic E-state index is -1.09. The molecule has 1 aromatic heterocycles. The lowest BCUT2D eigenvalue weighted by Crippen LogP contribution is -2.54. The van der Waals surface area contributed by atoms with Crippen molar-refractivity contribution in [3.05, 3.63) is 98.7 Å². The number of carbonyl (C=O) groups excluding carboxylic acids is 2. The lowest BCUT2D eigenvalue weighted by Gasteiger charge is -2.39. The molecule has 12 heteroatoms. The second kappa shape index (κ2) is 10.7. The van der Waals surface area contributed by atoms with E-state index in [1.807, 2.05) is 0 Å². The highest BCUT2D eigenvalue weighted by Gasteiger charge is 2.34. The van der Waals surface area contributed by atoms with Crippen LogP contribution in [0.3, 0.4) is 0 Å². The number of ether oxygens (including phenoxy) is 1. The normalized spacial score (nSPS) is 13.0. The van der Waals surface area contributed by atoms with Gasteiger partial charge in [0.05, 0.1) is 13.2 Å². The number of fused-ring (bicyclic) bond motifs is 1. The van der Waals surface area contributed by atoms with Crippen LogP contribution in [-0.4, -0.2) is 53.4 Å². The molecule has 0 fully saturated rings. The maximum absolute atomic E-state index is 13.9. The SMILES string of the molecule is COCCN1CN(Cc2ccc(F)cc2)n2cc(C(=O)NCc3ccc(F)cc3F)c(=O)c(O)c2C1=O. The molecule has 0 aliphatic carbocycles. The summed E-state index contributed by atoms with van der Waals surface area (Å²) in [5.74, 6) is -4.61. The van der Waals surface area contributed by atoms with Crippen molar-refractivity contribution in [3.63, 3.8) is 0 Å². The topological polar surface area (TPSA) is 104 Å². The van der Waals surface area contributed by atoms with Crippen LogP contribution in [0.15, 0.2) is 53.5 Å². The molecule has 0 atom stereocenters. The first-order valence-electron chi connectivity index (χ1n) is 11.2. The Kier molecular flexibility index (Phi) is 7.48. The standard InChI is InChI=1S/C25H23F3N4O5/c1-37-9-8-30-14-31(12-15-2-5-17(26)6-3-15)32-13-19(22(33)23(34)21(32)25(30)36)24(35)29-11-16-4-7-18(27)10-20(16)28/h2-7,10,13,34H,8-9,11-12,14H2,1H3,(H,29,35). The highest BCUT2D eigenvalue weighted by Crippen LogP contribution is 2.23. The summed E-state index contributed by atoms with van der Waals surface area (Å²) in [7, 11) is 1.46. The van der Waals surface area contributed by atoms with Gasteiger partial charge in [0.1, 0.15) is 29.7 Å². The Bertz CT molecular complexity index is 1390. The molecular weight excluding hydrogens is 493 g/mol. The van der Waals surface area contributed by atoms with Crippen molar-refractivity contribution in [2.24, 2.45) is 0 Å². The van der Waals surface area contributed by atoms with Crippen molar-refractivity contribution in [1.82, 2.24) is 14.9 Å². The number of carbonyl (C=O) groups is 2. The summed E-state index contributed by atoms with van der Waals surface area (Å²) in [4.78, 5) is 40.2. The number of nitrogens with zero attached hydrogens (tertiary/aromatic N) is 3. The number of methoxy groups -OCH3 is 1. The van der Waals surface area contributed by atoms with Gasteiger partial charge < -0.3 is 20.1 Å². The minimum Gasteiger partial charge on any atom is -0.502 e. The van der Waals surface area contributed by atoms with E-state index in [1.165, 1.54) is 41.0 Å². The lowest BCUT2D eigenvalue weighted by molar-refractivity contribution is 0.0619. The summed E-state index contributed by atoms with van der Waals surface area (Å²) in [6.07, 6.45) is 1.11. The summed E-state index contributed by atoms with van der Waals surface area (Å²) < 4.78 is 46.7. The van der Waals surface area contributed by atoms with E-state index in [-0.39, 0.29) is 44.2 Å². The van der Waals surface area contributed by atoms with Crippen molar-refractivity contribution in [2.45, 2.75) is 13.1 Å². The molecule has 2 aromatic carbocycles. The second-order valence-corrected chi connectivity index (χ2v) is 8.33. The van der Waals surface area contributed by atoms with Crippen LogP contribution in [0, 0.1) is 17.5 Å². The zero-order chi connectivity index (χ0) is 26.7. The van der Waals surface area contributed by atoms with Crippen molar-refractivity contribution in [3.8, 4) is 5.75 Å². The third-order valence-corrected chi connectivity index (χ3v) is 5.84. The van der Waals surface area contributed by atoms with Crippen LogP contribution < -0.4 is 15.8 Å². The van der Waals surface area contributed by atoms with E-state index in [4.69, 9.17) is 4.74 Å². The molecule has 1 aliphatic rings. The van der Waals surface area contributed by atoms with Gasteiger partial charge in [-0.05, 0) is 23.8 Å². The smallest absolute Gasteiger partial charge is 0.277 e. The number of aromatic hydroxyl groups is 1. The summed E-state index contributed by atoms with van der Waals surface area (Å²) in [5.41, 5.74) is -1.29. The number of hydrogen-bond donors (Lipinski definition) is 2.